The van der Waals surface area contributed by atoms with Crippen molar-refractivity contribution in [3.8, 4) is 22.8 Å². The van der Waals surface area contributed by atoms with Gasteiger partial charge in [-0.25, -0.2) is 15.6 Å². The first-order chi connectivity index (χ1) is 11.2. The summed E-state index contributed by atoms with van der Waals surface area (Å²) in [4.78, 5) is 36.4. The highest BCUT2D eigenvalue weighted by atomic mass is 16.7. The van der Waals surface area contributed by atoms with Gasteiger partial charge in [0.15, 0.2) is 17.1 Å². The molecule has 0 fully saturated rings. The van der Waals surface area contributed by atoms with Crippen LogP contribution in [-0.4, -0.2) is 26.7 Å². The summed E-state index contributed by atoms with van der Waals surface area (Å²) in [5, 5.41) is 0.141. The fraction of sp³-hybridized carbons (Fsp3) is 0.0769. The Hall–Kier alpha value is -3.40. The zero-order valence-electron chi connectivity index (χ0n) is 11.5. The number of hydrogen-bond donors (Lipinski definition) is 4. The van der Waals surface area contributed by atoms with Crippen molar-refractivity contribution in [2.75, 3.05) is 12.2 Å². The Morgan fingerprint density at radius 1 is 1.13 bits per heavy atom. The van der Waals surface area contributed by atoms with E-state index in [1.807, 2.05) is 0 Å². The van der Waals surface area contributed by atoms with E-state index in [1.165, 1.54) is 0 Å². The maximum atomic E-state index is 12.2. The Bertz CT molecular complexity index is 1040. The van der Waals surface area contributed by atoms with Crippen LogP contribution in [0.5, 0.6) is 11.5 Å². The molecule has 0 amide bonds. The summed E-state index contributed by atoms with van der Waals surface area (Å²) in [5.74, 6) is 6.56. The zero-order valence-corrected chi connectivity index (χ0v) is 11.5. The lowest BCUT2D eigenvalue weighted by molar-refractivity contribution is 0.174. The molecule has 0 radical (unpaired) electrons. The molecular weight excluding hydrogens is 304 g/mol. The molecule has 5 N–H and O–H groups in total. The van der Waals surface area contributed by atoms with Crippen LogP contribution in [0.2, 0.25) is 0 Å². The number of aromatic amines is 2. The van der Waals surface area contributed by atoms with Crippen molar-refractivity contribution in [2.45, 2.75) is 0 Å². The van der Waals surface area contributed by atoms with E-state index in [9.17, 15) is 9.59 Å². The van der Waals surface area contributed by atoms with E-state index in [-0.39, 0.29) is 23.8 Å². The molecule has 3 heterocycles. The van der Waals surface area contributed by atoms with E-state index in [0.717, 1.165) is 0 Å². The minimum absolute atomic E-state index is 0.0615. The lowest BCUT2D eigenvalue weighted by Gasteiger charge is -2.08. The molecule has 0 atom stereocenters. The predicted molar refractivity (Wildman–Crippen MR) is 80.1 cm³/mol. The smallest absolute Gasteiger partial charge is 0.327 e. The van der Waals surface area contributed by atoms with Crippen molar-refractivity contribution in [3.05, 3.63) is 39.0 Å². The third-order valence-electron chi connectivity index (χ3n) is 3.37. The number of anilines is 1. The standard InChI is InChI=1S/C13H10N6O4/c14-19-12-15-9(5-1-2-6-7(3-5)23-4-22-6)8-10(16-12)17-13(21)18-11(8)20/h1-3H,4,14H2,(H3,15,16,17,18,19,20,21). The Morgan fingerprint density at radius 3 is 2.78 bits per heavy atom. The van der Waals surface area contributed by atoms with Gasteiger partial charge in [0, 0.05) is 5.56 Å². The lowest BCUT2D eigenvalue weighted by atomic mass is 10.1. The highest BCUT2D eigenvalue weighted by Gasteiger charge is 2.18. The van der Waals surface area contributed by atoms with Crippen molar-refractivity contribution in [1.29, 1.82) is 0 Å². The van der Waals surface area contributed by atoms with E-state index < -0.39 is 11.2 Å². The summed E-state index contributed by atoms with van der Waals surface area (Å²) in [6, 6.07) is 5.12. The summed E-state index contributed by atoms with van der Waals surface area (Å²) >= 11 is 0. The minimum Gasteiger partial charge on any atom is -0.454 e. The number of hydrazine groups is 1. The molecule has 23 heavy (non-hydrogen) atoms. The van der Waals surface area contributed by atoms with Crippen molar-refractivity contribution >= 4 is 17.0 Å². The maximum Gasteiger partial charge on any atom is 0.327 e. The number of benzene rings is 1. The monoisotopic (exact) mass is 314 g/mol. The van der Waals surface area contributed by atoms with Gasteiger partial charge >= 0.3 is 5.69 Å². The van der Waals surface area contributed by atoms with Crippen molar-refractivity contribution in [2.24, 2.45) is 5.84 Å². The molecule has 1 aliphatic rings. The Morgan fingerprint density at radius 2 is 1.96 bits per heavy atom. The van der Waals surface area contributed by atoms with E-state index >= 15 is 0 Å². The molecule has 0 aliphatic carbocycles. The second-order valence-corrected chi connectivity index (χ2v) is 4.74. The molecule has 2 aromatic heterocycles. The molecular formula is C13H10N6O4. The lowest BCUT2D eigenvalue weighted by Crippen LogP contribution is -2.24. The highest BCUT2D eigenvalue weighted by Crippen LogP contribution is 2.36. The molecule has 10 nitrogen and oxygen atoms in total. The van der Waals surface area contributed by atoms with E-state index in [4.69, 9.17) is 15.3 Å². The molecule has 0 unspecified atom stereocenters. The summed E-state index contributed by atoms with van der Waals surface area (Å²) in [6.45, 7) is 0.132. The number of hydrogen-bond acceptors (Lipinski definition) is 8. The van der Waals surface area contributed by atoms with Crippen LogP contribution >= 0.6 is 0 Å². The Labute approximate surface area is 127 Å². The molecule has 0 bridgehead atoms. The largest absolute Gasteiger partial charge is 0.454 e. The molecule has 0 saturated heterocycles. The van der Waals surface area contributed by atoms with Crippen molar-refractivity contribution in [3.63, 3.8) is 0 Å². The molecule has 0 spiro atoms. The normalized spacial score (nSPS) is 12.6. The molecule has 10 heteroatoms. The number of rotatable bonds is 2. The Balaban J connectivity index is 2.06. The van der Waals surface area contributed by atoms with Crippen LogP contribution in [0.25, 0.3) is 22.3 Å². The van der Waals surface area contributed by atoms with Gasteiger partial charge in [0.25, 0.3) is 5.56 Å². The molecule has 4 rings (SSSR count). The van der Waals surface area contributed by atoms with Crippen LogP contribution < -0.4 is 32.0 Å². The predicted octanol–water partition coefficient (Wildman–Crippen LogP) is -0.312. The molecule has 1 aliphatic heterocycles. The van der Waals surface area contributed by atoms with Crippen molar-refractivity contribution in [1.82, 2.24) is 19.9 Å². The van der Waals surface area contributed by atoms with Gasteiger partial charge in [0.2, 0.25) is 12.7 Å². The molecule has 116 valence electrons. The van der Waals surface area contributed by atoms with Gasteiger partial charge in [-0.1, -0.05) is 0 Å². The van der Waals surface area contributed by atoms with Crippen LogP contribution in [0, 0.1) is 0 Å². The number of ether oxygens (including phenoxy) is 2. The van der Waals surface area contributed by atoms with Gasteiger partial charge in [0.05, 0.1) is 5.69 Å². The molecule has 0 saturated carbocycles. The number of nitrogen functional groups attached to an aromatic ring is 1. The summed E-state index contributed by atoms with van der Waals surface area (Å²) in [6.07, 6.45) is 0. The first-order valence-electron chi connectivity index (χ1n) is 6.56. The number of fused-ring (bicyclic) bond motifs is 2. The average molecular weight is 314 g/mol. The van der Waals surface area contributed by atoms with E-state index in [2.05, 4.69) is 25.4 Å². The van der Waals surface area contributed by atoms with Gasteiger partial charge in [-0.15, -0.1) is 0 Å². The quantitative estimate of drug-likeness (QED) is 0.372. The highest BCUT2D eigenvalue weighted by molar-refractivity contribution is 5.90. The van der Waals surface area contributed by atoms with Crippen LogP contribution in [0.3, 0.4) is 0 Å². The van der Waals surface area contributed by atoms with Crippen LogP contribution in [0.4, 0.5) is 5.95 Å². The average Bonchev–Trinajstić information content (AvgIpc) is 3.00. The topological polar surface area (TPSA) is 148 Å². The van der Waals surface area contributed by atoms with Gasteiger partial charge < -0.3 is 9.47 Å². The number of nitrogens with two attached hydrogens (primary N) is 1. The maximum absolute atomic E-state index is 12.2. The van der Waals surface area contributed by atoms with Crippen LogP contribution in [0.15, 0.2) is 27.8 Å². The van der Waals surface area contributed by atoms with Gasteiger partial charge in [-0.3, -0.25) is 20.2 Å². The zero-order chi connectivity index (χ0) is 16.0. The number of nitrogens with one attached hydrogen (secondary N) is 3. The third-order valence-corrected chi connectivity index (χ3v) is 3.37. The number of aromatic nitrogens is 4. The SMILES string of the molecule is NNc1nc(-c2ccc3c(c2)OCO3)c2c(=O)[nH]c(=O)[nH]c2n1. The van der Waals surface area contributed by atoms with E-state index in [1.54, 1.807) is 18.2 Å². The fourth-order valence-corrected chi connectivity index (χ4v) is 2.39. The second-order valence-electron chi connectivity index (χ2n) is 4.74. The van der Waals surface area contributed by atoms with Crippen molar-refractivity contribution < 1.29 is 9.47 Å². The van der Waals surface area contributed by atoms with Crippen LogP contribution in [-0.2, 0) is 0 Å². The first-order valence-corrected chi connectivity index (χ1v) is 6.56. The fourth-order valence-electron chi connectivity index (χ4n) is 2.39. The Kier molecular flexibility index (Phi) is 2.78. The van der Waals surface area contributed by atoms with Crippen LogP contribution in [0.1, 0.15) is 0 Å². The number of nitrogens with zero attached hydrogens (tertiary/aromatic N) is 2. The third kappa shape index (κ3) is 2.08. The van der Waals surface area contributed by atoms with E-state index in [0.29, 0.717) is 22.8 Å². The van der Waals surface area contributed by atoms with Gasteiger partial charge in [-0.05, 0) is 18.2 Å². The summed E-state index contributed by atoms with van der Waals surface area (Å²) in [7, 11) is 0. The van der Waals surface area contributed by atoms with Gasteiger partial charge in [0.1, 0.15) is 5.39 Å². The minimum atomic E-state index is -0.666. The van der Waals surface area contributed by atoms with Gasteiger partial charge in [-0.2, -0.15) is 4.98 Å². The summed E-state index contributed by atoms with van der Waals surface area (Å²) < 4.78 is 10.6. The first kappa shape index (κ1) is 13.3. The number of H-pyrrole nitrogens is 2. The molecule has 1 aromatic carbocycles. The second kappa shape index (κ2) is 4.81. The molecule has 3 aromatic rings. The summed E-state index contributed by atoms with van der Waals surface area (Å²) in [5.41, 5.74) is 2.02.